The van der Waals surface area contributed by atoms with E-state index in [1.165, 1.54) is 5.69 Å². The molecule has 1 aliphatic rings. The van der Waals surface area contributed by atoms with Gasteiger partial charge in [-0.1, -0.05) is 0 Å². The molecule has 26 heavy (non-hydrogen) atoms. The Bertz CT molecular complexity index is 558. The molecule has 0 saturated carbocycles. The van der Waals surface area contributed by atoms with Crippen molar-refractivity contribution in [1.82, 2.24) is 4.90 Å². The highest BCUT2D eigenvalue weighted by molar-refractivity contribution is 6.58. The van der Waals surface area contributed by atoms with Gasteiger partial charge in [0.15, 0.2) is 0 Å². The number of piperazine rings is 1. The van der Waals surface area contributed by atoms with Gasteiger partial charge in [-0.25, -0.2) is 0 Å². The SMILES string of the molecule is BC(B)(B)OCCOc1ccc(N2CCN(CC(=O)OCC)CC2)cc1. The Balaban J connectivity index is 1.73. The van der Waals surface area contributed by atoms with Crippen LogP contribution in [0.15, 0.2) is 24.3 Å². The summed E-state index contributed by atoms with van der Waals surface area (Å²) < 4.78 is 16.4. The lowest BCUT2D eigenvalue weighted by molar-refractivity contribution is -0.144. The summed E-state index contributed by atoms with van der Waals surface area (Å²) in [5.41, 5.74) is 1.18. The second-order valence-corrected chi connectivity index (χ2v) is 7.37. The quantitative estimate of drug-likeness (QED) is 0.298. The van der Waals surface area contributed by atoms with Crippen molar-refractivity contribution in [2.24, 2.45) is 0 Å². The zero-order valence-electron chi connectivity index (χ0n) is 16.5. The minimum atomic E-state index is -0.141. The Morgan fingerprint density at radius 2 is 1.73 bits per heavy atom. The van der Waals surface area contributed by atoms with Crippen molar-refractivity contribution in [2.45, 2.75) is 12.2 Å². The summed E-state index contributed by atoms with van der Waals surface area (Å²) in [4.78, 5) is 16.0. The summed E-state index contributed by atoms with van der Waals surface area (Å²) >= 11 is 0. The van der Waals surface area contributed by atoms with Crippen LogP contribution in [-0.4, -0.2) is 92.3 Å². The van der Waals surface area contributed by atoms with Gasteiger partial charge in [0.25, 0.3) is 0 Å². The Morgan fingerprint density at radius 3 is 2.31 bits per heavy atom. The van der Waals surface area contributed by atoms with E-state index in [1.54, 1.807) is 0 Å². The van der Waals surface area contributed by atoms with Crippen LogP contribution in [0.2, 0.25) is 0 Å². The zero-order valence-corrected chi connectivity index (χ0v) is 16.5. The van der Waals surface area contributed by atoms with Crippen LogP contribution in [0.3, 0.4) is 0 Å². The van der Waals surface area contributed by atoms with Crippen molar-refractivity contribution in [3.63, 3.8) is 0 Å². The van der Waals surface area contributed by atoms with E-state index in [4.69, 9.17) is 14.2 Å². The number of hydrogen-bond donors (Lipinski definition) is 0. The van der Waals surface area contributed by atoms with Gasteiger partial charge >= 0.3 is 5.97 Å². The Kier molecular flexibility index (Phi) is 7.91. The minimum Gasteiger partial charge on any atom is -0.491 e. The van der Waals surface area contributed by atoms with Crippen LogP contribution in [0.1, 0.15) is 6.92 Å². The van der Waals surface area contributed by atoms with Crippen molar-refractivity contribution < 1.29 is 19.0 Å². The van der Waals surface area contributed by atoms with Gasteiger partial charge in [0.2, 0.25) is 0 Å². The predicted octanol–water partition coefficient (Wildman–Crippen LogP) is -1.72. The van der Waals surface area contributed by atoms with Gasteiger partial charge in [-0.2, -0.15) is 0 Å². The molecular formula is C17H29B3N2O4. The topological polar surface area (TPSA) is 51.2 Å². The second-order valence-electron chi connectivity index (χ2n) is 7.37. The van der Waals surface area contributed by atoms with Gasteiger partial charge in [-0.3, -0.25) is 9.69 Å². The number of carbonyl (C=O) groups is 1. The molecule has 1 saturated heterocycles. The van der Waals surface area contributed by atoms with Crippen molar-refractivity contribution in [1.29, 1.82) is 0 Å². The van der Waals surface area contributed by atoms with Crippen molar-refractivity contribution in [2.75, 3.05) is 57.4 Å². The van der Waals surface area contributed by atoms with E-state index in [9.17, 15) is 4.79 Å². The monoisotopic (exact) mass is 358 g/mol. The van der Waals surface area contributed by atoms with Gasteiger partial charge < -0.3 is 19.1 Å². The number of benzene rings is 1. The predicted molar refractivity (Wildman–Crippen MR) is 112 cm³/mol. The first kappa shape index (κ1) is 20.7. The van der Waals surface area contributed by atoms with Gasteiger partial charge in [-0.05, 0) is 36.5 Å². The summed E-state index contributed by atoms with van der Waals surface area (Å²) in [6, 6.07) is 8.16. The molecule has 0 atom stereocenters. The fourth-order valence-electron chi connectivity index (χ4n) is 2.81. The maximum Gasteiger partial charge on any atom is 0.320 e. The Labute approximate surface area is 159 Å². The lowest BCUT2D eigenvalue weighted by Crippen LogP contribution is -2.48. The molecule has 0 aliphatic carbocycles. The van der Waals surface area contributed by atoms with Crippen molar-refractivity contribution in [3.05, 3.63) is 24.3 Å². The van der Waals surface area contributed by atoms with E-state index in [0.29, 0.717) is 26.4 Å². The van der Waals surface area contributed by atoms with Crippen molar-refractivity contribution >= 4 is 35.2 Å². The number of nitrogens with zero attached hydrogens (tertiary/aromatic N) is 2. The molecule has 0 amide bonds. The smallest absolute Gasteiger partial charge is 0.320 e. The highest BCUT2D eigenvalue weighted by Crippen LogP contribution is 2.20. The fraction of sp³-hybridized carbons (Fsp3) is 0.588. The molecule has 1 aromatic carbocycles. The molecular weight excluding hydrogens is 329 g/mol. The fourth-order valence-corrected chi connectivity index (χ4v) is 2.81. The highest BCUT2D eigenvalue weighted by atomic mass is 16.5. The van der Waals surface area contributed by atoms with Gasteiger partial charge in [-0.15, -0.1) is 0 Å². The van der Waals surface area contributed by atoms with E-state index >= 15 is 0 Å². The first-order chi connectivity index (χ1) is 12.4. The van der Waals surface area contributed by atoms with E-state index in [0.717, 1.165) is 31.9 Å². The van der Waals surface area contributed by atoms with Crippen LogP contribution in [0.5, 0.6) is 5.75 Å². The summed E-state index contributed by atoms with van der Waals surface area (Å²) in [6.45, 7) is 7.30. The second kappa shape index (κ2) is 9.93. The molecule has 1 heterocycles. The van der Waals surface area contributed by atoms with Crippen LogP contribution in [0.4, 0.5) is 5.69 Å². The zero-order chi connectivity index (χ0) is 19.0. The number of anilines is 1. The standard InChI is InChI=1S/C17H29B3N2O4/c1-2-24-16(23)13-21-7-9-22(10-8-21)14-3-5-15(6-4-14)25-11-12-26-17(18,19)20/h3-6H,2,7-13,18-20H2,1H3. The Hall–Kier alpha value is -1.60. The van der Waals surface area contributed by atoms with Crippen LogP contribution in [0, 0.1) is 0 Å². The molecule has 0 radical (unpaired) electrons. The van der Waals surface area contributed by atoms with Gasteiger partial charge in [0, 0.05) is 31.9 Å². The van der Waals surface area contributed by atoms with Crippen LogP contribution >= 0.6 is 0 Å². The van der Waals surface area contributed by atoms with Crippen LogP contribution in [-0.2, 0) is 14.3 Å². The lowest BCUT2D eigenvalue weighted by atomic mass is 9.52. The average molecular weight is 358 g/mol. The molecule has 2 rings (SSSR count). The van der Waals surface area contributed by atoms with Crippen molar-refractivity contribution in [3.8, 4) is 5.75 Å². The number of hydrogen-bond acceptors (Lipinski definition) is 6. The first-order valence-electron chi connectivity index (χ1n) is 9.37. The Morgan fingerprint density at radius 1 is 1.08 bits per heavy atom. The summed E-state index contributed by atoms with van der Waals surface area (Å²) in [5, 5.41) is -0.136. The number of carbonyl (C=O) groups excluding carboxylic acids is 1. The summed E-state index contributed by atoms with van der Waals surface area (Å²) in [7, 11) is 6.11. The molecule has 1 fully saturated rings. The molecule has 140 valence electrons. The number of ether oxygens (including phenoxy) is 3. The van der Waals surface area contributed by atoms with Crippen LogP contribution < -0.4 is 9.64 Å². The molecule has 0 spiro atoms. The molecule has 1 aliphatic heterocycles. The van der Waals surface area contributed by atoms with Gasteiger partial charge in [0.1, 0.15) is 35.9 Å². The average Bonchev–Trinajstić information content (AvgIpc) is 2.59. The highest BCUT2D eigenvalue weighted by Gasteiger charge is 2.19. The summed E-state index contributed by atoms with van der Waals surface area (Å²) in [5.74, 6) is 0.713. The third kappa shape index (κ3) is 7.34. The van der Waals surface area contributed by atoms with E-state index in [2.05, 4.69) is 21.9 Å². The maximum atomic E-state index is 11.6. The third-order valence-electron chi connectivity index (χ3n) is 4.12. The molecule has 0 bridgehead atoms. The third-order valence-corrected chi connectivity index (χ3v) is 4.12. The van der Waals surface area contributed by atoms with E-state index in [1.807, 2.05) is 42.6 Å². The lowest BCUT2D eigenvalue weighted by Gasteiger charge is -2.35. The molecule has 0 aromatic heterocycles. The van der Waals surface area contributed by atoms with Crippen LogP contribution in [0.25, 0.3) is 0 Å². The maximum absolute atomic E-state index is 11.6. The molecule has 6 nitrogen and oxygen atoms in total. The van der Waals surface area contributed by atoms with E-state index < -0.39 is 0 Å². The normalized spacial score (nSPS) is 15.7. The molecule has 1 aromatic rings. The number of rotatable bonds is 9. The first-order valence-corrected chi connectivity index (χ1v) is 9.37. The number of esters is 1. The summed E-state index contributed by atoms with van der Waals surface area (Å²) in [6.07, 6.45) is 0. The minimum absolute atomic E-state index is 0.136. The molecule has 0 unspecified atom stereocenters. The molecule has 0 N–H and O–H groups in total. The van der Waals surface area contributed by atoms with Gasteiger partial charge in [0.05, 0.1) is 19.8 Å². The van der Waals surface area contributed by atoms with E-state index in [-0.39, 0.29) is 11.3 Å². The molecule has 9 heteroatoms. The largest absolute Gasteiger partial charge is 0.491 e.